The van der Waals surface area contributed by atoms with Gasteiger partial charge in [-0.15, -0.1) is 11.3 Å². The third-order valence-corrected chi connectivity index (χ3v) is 4.06. The Morgan fingerprint density at radius 2 is 2.12 bits per heavy atom. The summed E-state index contributed by atoms with van der Waals surface area (Å²) in [5, 5.41) is 2.94. The maximum atomic E-state index is 11.1. The second-order valence-corrected chi connectivity index (χ2v) is 5.52. The number of nitrogens with zero attached hydrogens (tertiary/aromatic N) is 3. The Morgan fingerprint density at radius 1 is 1.41 bits per heavy atom. The van der Waals surface area contributed by atoms with Gasteiger partial charge < -0.3 is 9.80 Å². The van der Waals surface area contributed by atoms with E-state index in [0.717, 1.165) is 44.2 Å². The molecule has 0 atom stereocenters. The molecule has 0 aliphatic carbocycles. The molecule has 4 nitrogen and oxygen atoms in total. The highest BCUT2D eigenvalue weighted by atomic mass is 32.1. The molecule has 94 valence electrons. The first-order valence-corrected chi connectivity index (χ1v) is 6.89. The van der Waals surface area contributed by atoms with Crippen LogP contribution in [-0.2, 0) is 6.42 Å². The summed E-state index contributed by atoms with van der Waals surface area (Å²) in [5.41, 5.74) is 0.614. The quantitative estimate of drug-likeness (QED) is 0.754. The number of Topliss-reactive ketones (excluding diaryl/α,β-unsaturated/α-hetero) is 1. The molecule has 5 heteroatoms. The van der Waals surface area contributed by atoms with E-state index in [1.807, 2.05) is 5.38 Å². The molecule has 0 radical (unpaired) electrons. The highest BCUT2D eigenvalue weighted by Crippen LogP contribution is 2.12. The van der Waals surface area contributed by atoms with Gasteiger partial charge in [0.05, 0.1) is 5.01 Å². The van der Waals surface area contributed by atoms with E-state index in [4.69, 9.17) is 0 Å². The van der Waals surface area contributed by atoms with Crippen molar-refractivity contribution < 1.29 is 4.79 Å². The van der Waals surface area contributed by atoms with E-state index in [1.54, 1.807) is 18.3 Å². The van der Waals surface area contributed by atoms with E-state index in [0.29, 0.717) is 5.69 Å². The van der Waals surface area contributed by atoms with Gasteiger partial charge in [-0.05, 0) is 7.05 Å². The fourth-order valence-electron chi connectivity index (χ4n) is 1.91. The molecule has 0 bridgehead atoms. The topological polar surface area (TPSA) is 36.4 Å². The molecule has 0 spiro atoms. The summed E-state index contributed by atoms with van der Waals surface area (Å²) in [4.78, 5) is 20.3. The van der Waals surface area contributed by atoms with Gasteiger partial charge in [0.15, 0.2) is 5.78 Å². The Balaban J connectivity index is 1.79. The molecule has 1 aromatic rings. The van der Waals surface area contributed by atoms with Crippen molar-refractivity contribution >= 4 is 17.1 Å². The van der Waals surface area contributed by atoms with Gasteiger partial charge in [-0.1, -0.05) is 0 Å². The molecule has 0 N–H and O–H groups in total. The molecular formula is C12H19N3OS. The van der Waals surface area contributed by atoms with E-state index in [-0.39, 0.29) is 5.78 Å². The Morgan fingerprint density at radius 3 is 2.71 bits per heavy atom. The second-order valence-electron chi connectivity index (χ2n) is 4.58. The van der Waals surface area contributed by atoms with Crippen LogP contribution in [0.15, 0.2) is 5.38 Å². The molecule has 0 unspecified atom stereocenters. The van der Waals surface area contributed by atoms with Crippen molar-refractivity contribution in [3.63, 3.8) is 0 Å². The number of rotatable bonds is 4. The minimum absolute atomic E-state index is 0.0621. The van der Waals surface area contributed by atoms with Crippen LogP contribution in [0.5, 0.6) is 0 Å². The number of likely N-dealkylation sites (N-methyl/N-ethyl adjacent to an activating group) is 1. The zero-order valence-corrected chi connectivity index (χ0v) is 11.3. The monoisotopic (exact) mass is 253 g/mol. The Labute approximate surface area is 106 Å². The van der Waals surface area contributed by atoms with E-state index in [1.165, 1.54) is 0 Å². The van der Waals surface area contributed by atoms with Crippen LogP contribution in [0.2, 0.25) is 0 Å². The number of hydrogen-bond acceptors (Lipinski definition) is 5. The average Bonchev–Trinajstić information content (AvgIpc) is 2.77. The summed E-state index contributed by atoms with van der Waals surface area (Å²) in [5.74, 6) is 0.0621. The van der Waals surface area contributed by atoms with Crippen LogP contribution in [0.4, 0.5) is 0 Å². The zero-order valence-electron chi connectivity index (χ0n) is 10.5. The fraction of sp³-hybridized carbons (Fsp3) is 0.667. The molecule has 1 aliphatic rings. The molecule has 2 rings (SSSR count). The minimum Gasteiger partial charge on any atom is -0.304 e. The van der Waals surface area contributed by atoms with Crippen LogP contribution in [0.1, 0.15) is 22.4 Å². The van der Waals surface area contributed by atoms with E-state index in [9.17, 15) is 4.79 Å². The van der Waals surface area contributed by atoms with Crippen molar-refractivity contribution in [2.24, 2.45) is 0 Å². The van der Waals surface area contributed by atoms with Gasteiger partial charge in [0, 0.05) is 51.4 Å². The Kier molecular flexibility index (Phi) is 4.25. The van der Waals surface area contributed by atoms with Crippen LogP contribution >= 0.6 is 11.3 Å². The van der Waals surface area contributed by atoms with Crippen molar-refractivity contribution in [3.05, 3.63) is 16.1 Å². The number of aromatic nitrogens is 1. The molecule has 0 aromatic carbocycles. The van der Waals surface area contributed by atoms with Crippen LogP contribution in [0, 0.1) is 0 Å². The maximum absolute atomic E-state index is 11.1. The van der Waals surface area contributed by atoms with Crippen molar-refractivity contribution in [1.29, 1.82) is 0 Å². The van der Waals surface area contributed by atoms with Crippen LogP contribution in [-0.4, -0.2) is 60.3 Å². The molecule has 2 heterocycles. The number of carbonyl (C=O) groups excluding carboxylic acids is 1. The molecule has 1 aliphatic heterocycles. The molecule has 17 heavy (non-hydrogen) atoms. The summed E-state index contributed by atoms with van der Waals surface area (Å²) in [7, 11) is 2.16. The predicted molar refractivity (Wildman–Crippen MR) is 69.8 cm³/mol. The van der Waals surface area contributed by atoms with E-state index in [2.05, 4.69) is 21.8 Å². The lowest BCUT2D eigenvalue weighted by Gasteiger charge is -2.32. The second kappa shape index (κ2) is 5.71. The van der Waals surface area contributed by atoms with Crippen molar-refractivity contribution in [1.82, 2.24) is 14.8 Å². The highest BCUT2D eigenvalue weighted by molar-refractivity contribution is 7.09. The first-order chi connectivity index (χ1) is 8.15. The van der Waals surface area contributed by atoms with Crippen molar-refractivity contribution in [2.75, 3.05) is 39.8 Å². The van der Waals surface area contributed by atoms with Crippen LogP contribution < -0.4 is 0 Å². The molecular weight excluding hydrogens is 234 g/mol. The van der Waals surface area contributed by atoms with E-state index >= 15 is 0 Å². The lowest BCUT2D eigenvalue weighted by molar-refractivity contribution is 0.101. The lowest BCUT2D eigenvalue weighted by atomic mass is 10.3. The summed E-state index contributed by atoms with van der Waals surface area (Å²) < 4.78 is 0. The SMILES string of the molecule is CC(=O)c1csc(CCN2CCN(C)CC2)n1. The van der Waals surface area contributed by atoms with Gasteiger partial charge in [0.25, 0.3) is 0 Å². The van der Waals surface area contributed by atoms with Crippen molar-refractivity contribution in [3.8, 4) is 0 Å². The number of hydrogen-bond donors (Lipinski definition) is 0. The Hall–Kier alpha value is -0.780. The average molecular weight is 253 g/mol. The zero-order chi connectivity index (χ0) is 12.3. The largest absolute Gasteiger partial charge is 0.304 e. The first-order valence-electron chi connectivity index (χ1n) is 6.01. The lowest BCUT2D eigenvalue weighted by Crippen LogP contribution is -2.45. The molecule has 0 saturated carbocycles. The Bertz CT molecular complexity index is 383. The number of carbonyl (C=O) groups is 1. The van der Waals surface area contributed by atoms with Crippen molar-refractivity contribution in [2.45, 2.75) is 13.3 Å². The normalized spacial score (nSPS) is 18.5. The van der Waals surface area contributed by atoms with Gasteiger partial charge >= 0.3 is 0 Å². The molecule has 0 amide bonds. The number of ketones is 1. The first kappa shape index (κ1) is 12.7. The van der Waals surface area contributed by atoms with Gasteiger partial charge in [-0.3, -0.25) is 4.79 Å². The summed E-state index contributed by atoms with van der Waals surface area (Å²) in [6.45, 7) is 7.20. The van der Waals surface area contributed by atoms with Crippen LogP contribution in [0.25, 0.3) is 0 Å². The van der Waals surface area contributed by atoms with Gasteiger partial charge in [0.1, 0.15) is 5.69 Å². The fourth-order valence-corrected chi connectivity index (χ4v) is 2.74. The highest BCUT2D eigenvalue weighted by Gasteiger charge is 2.14. The number of piperazine rings is 1. The third kappa shape index (κ3) is 3.59. The summed E-state index contributed by atoms with van der Waals surface area (Å²) in [6.07, 6.45) is 0.960. The number of thiazole rings is 1. The summed E-state index contributed by atoms with van der Waals surface area (Å²) >= 11 is 1.60. The molecule has 1 saturated heterocycles. The minimum atomic E-state index is 0.0621. The summed E-state index contributed by atoms with van der Waals surface area (Å²) in [6, 6.07) is 0. The van der Waals surface area contributed by atoms with Crippen LogP contribution in [0.3, 0.4) is 0 Å². The molecule has 1 aromatic heterocycles. The van der Waals surface area contributed by atoms with Gasteiger partial charge in [-0.2, -0.15) is 0 Å². The van der Waals surface area contributed by atoms with Gasteiger partial charge in [0.2, 0.25) is 0 Å². The maximum Gasteiger partial charge on any atom is 0.178 e. The molecule has 1 fully saturated rings. The van der Waals surface area contributed by atoms with E-state index < -0.39 is 0 Å². The smallest absolute Gasteiger partial charge is 0.178 e. The standard InChI is InChI=1S/C12H19N3OS/c1-10(16)11-9-17-12(13-11)3-4-15-7-5-14(2)6-8-15/h9H,3-8H2,1-2H3. The predicted octanol–water partition coefficient (Wildman–Crippen LogP) is 1.14. The third-order valence-electron chi connectivity index (χ3n) is 3.15. The van der Waals surface area contributed by atoms with Gasteiger partial charge in [-0.25, -0.2) is 4.98 Å².